The molecule has 0 N–H and O–H groups in total. The number of ether oxygens (including phenoxy) is 2. The average molecular weight is 412 g/mol. The normalized spacial score (nSPS) is 55.7. The van der Waals surface area contributed by atoms with E-state index in [1.165, 1.54) is 0 Å². The first-order chi connectivity index (χ1) is 14.5. The fourth-order valence-electron chi connectivity index (χ4n) is 10.0. The number of hydrogen-bond acceptors (Lipinski definition) is 6. The van der Waals surface area contributed by atoms with Crippen molar-refractivity contribution in [1.82, 2.24) is 0 Å². The van der Waals surface area contributed by atoms with E-state index in [9.17, 15) is 19.2 Å². The van der Waals surface area contributed by atoms with Gasteiger partial charge in [0, 0.05) is 0 Å². The summed E-state index contributed by atoms with van der Waals surface area (Å²) in [5.74, 6) is 1.72. The van der Waals surface area contributed by atoms with E-state index in [0.29, 0.717) is 35.5 Å². The highest BCUT2D eigenvalue weighted by Crippen LogP contribution is 2.68. The predicted molar refractivity (Wildman–Crippen MR) is 101 cm³/mol. The van der Waals surface area contributed by atoms with Gasteiger partial charge in [0.1, 0.15) is 0 Å². The maximum atomic E-state index is 12.6. The quantitative estimate of drug-likeness (QED) is 0.449. The van der Waals surface area contributed by atoms with Crippen LogP contribution >= 0.6 is 0 Å². The molecule has 0 bridgehead atoms. The maximum absolute atomic E-state index is 12.6. The molecule has 0 radical (unpaired) electrons. The number of cyclic esters (lactones) is 4. The summed E-state index contributed by atoms with van der Waals surface area (Å²) in [5.41, 5.74) is 0. The summed E-state index contributed by atoms with van der Waals surface area (Å²) in [6.07, 6.45) is 7.39. The molecule has 7 aliphatic rings. The first-order valence-electron chi connectivity index (χ1n) is 12.1. The van der Waals surface area contributed by atoms with Crippen molar-refractivity contribution in [1.29, 1.82) is 0 Å². The van der Waals surface area contributed by atoms with E-state index in [1.807, 2.05) is 0 Å². The molecular formula is C24H28O6. The number of carbonyl (C=O) groups is 4. The molecule has 2 heterocycles. The van der Waals surface area contributed by atoms with Crippen LogP contribution in [0.15, 0.2) is 0 Å². The fourth-order valence-corrected chi connectivity index (χ4v) is 10.0. The lowest BCUT2D eigenvalue weighted by atomic mass is 9.38. The molecule has 5 saturated carbocycles. The van der Waals surface area contributed by atoms with Crippen molar-refractivity contribution in [3.8, 4) is 0 Å². The van der Waals surface area contributed by atoms with E-state index in [2.05, 4.69) is 0 Å². The summed E-state index contributed by atoms with van der Waals surface area (Å²) in [4.78, 5) is 50.2. The monoisotopic (exact) mass is 412 g/mol. The molecule has 0 aromatic heterocycles. The molecule has 0 aromatic carbocycles. The highest BCUT2D eigenvalue weighted by atomic mass is 16.6. The van der Waals surface area contributed by atoms with Crippen molar-refractivity contribution >= 4 is 23.9 Å². The number of fused-ring (bicyclic) bond motifs is 2. The van der Waals surface area contributed by atoms with Crippen LogP contribution in [0.4, 0.5) is 0 Å². The van der Waals surface area contributed by atoms with Crippen LogP contribution in [0.1, 0.15) is 51.4 Å². The van der Waals surface area contributed by atoms with Gasteiger partial charge in [-0.05, 0) is 98.7 Å². The zero-order valence-electron chi connectivity index (χ0n) is 17.0. The zero-order valence-corrected chi connectivity index (χ0v) is 17.0. The third-order valence-electron chi connectivity index (χ3n) is 10.7. The second kappa shape index (κ2) is 5.95. The summed E-state index contributed by atoms with van der Waals surface area (Å²) in [5, 5.41) is 0. The SMILES string of the molecule is O=C1OC(=O)[C@H]2CC[C@@H]3C4C2C1CC[C@@H]4C1CC[C@@H]2C(=O)OC(=O)[C@@H]4CC[C@H]3C1C24. The Morgan fingerprint density at radius 1 is 0.400 bits per heavy atom. The molecular weight excluding hydrogens is 384 g/mol. The van der Waals surface area contributed by atoms with Gasteiger partial charge in [-0.2, -0.15) is 0 Å². The fraction of sp³-hybridized carbons (Fsp3) is 0.833. The lowest BCUT2D eigenvalue weighted by molar-refractivity contribution is -0.222. The molecule has 0 amide bonds. The van der Waals surface area contributed by atoms with Crippen LogP contribution in [0, 0.1) is 71.0 Å². The molecule has 30 heavy (non-hydrogen) atoms. The van der Waals surface area contributed by atoms with Gasteiger partial charge in [0.25, 0.3) is 0 Å². The second-order valence-electron chi connectivity index (χ2n) is 11.2. The Morgan fingerprint density at radius 3 is 0.933 bits per heavy atom. The van der Waals surface area contributed by atoms with Crippen molar-refractivity contribution in [2.24, 2.45) is 71.0 Å². The number of hydrogen-bond donors (Lipinski definition) is 0. The highest BCUT2D eigenvalue weighted by Gasteiger charge is 2.67. The van der Waals surface area contributed by atoms with Gasteiger partial charge in [-0.25, -0.2) is 0 Å². The molecule has 6 unspecified atom stereocenters. The lowest BCUT2D eigenvalue weighted by Crippen LogP contribution is -2.65. The van der Waals surface area contributed by atoms with Gasteiger partial charge in [-0.15, -0.1) is 0 Å². The van der Waals surface area contributed by atoms with Crippen LogP contribution in [0.25, 0.3) is 0 Å². The number of rotatable bonds is 0. The van der Waals surface area contributed by atoms with E-state index in [4.69, 9.17) is 9.47 Å². The largest absolute Gasteiger partial charge is 0.393 e. The molecule has 12 atom stereocenters. The van der Waals surface area contributed by atoms with Gasteiger partial charge in [0.05, 0.1) is 23.7 Å². The Labute approximate surface area is 175 Å². The minimum absolute atomic E-state index is 0.104. The van der Waals surface area contributed by atoms with E-state index in [1.54, 1.807) is 0 Å². The average Bonchev–Trinajstić information content (AvgIpc) is 2.74. The van der Waals surface area contributed by atoms with E-state index >= 15 is 0 Å². The van der Waals surface area contributed by atoms with Gasteiger partial charge in [-0.3, -0.25) is 19.2 Å². The maximum Gasteiger partial charge on any atom is 0.316 e. The standard InChI is InChI=1S/C24H28O6/c25-21-13-5-1-9-10-2-6-15-20-16(24(28)30-23(15)27)8-4-12(18(10)20)11-3-7-14(22(26)29-21)19(13)17(9)11/h9-20H,1-8H2/t9-,10+,11+,12?,13-,14?,15+,16-,17?,18?,19?,20?/m0/s1. The summed E-state index contributed by atoms with van der Waals surface area (Å²) in [6, 6.07) is 0. The van der Waals surface area contributed by atoms with Crippen molar-refractivity contribution in [3.05, 3.63) is 0 Å². The molecule has 160 valence electrons. The van der Waals surface area contributed by atoms with E-state index in [-0.39, 0.29) is 59.4 Å². The van der Waals surface area contributed by atoms with Crippen LogP contribution in [0.3, 0.4) is 0 Å². The third kappa shape index (κ3) is 2.06. The summed E-state index contributed by atoms with van der Waals surface area (Å²) >= 11 is 0. The number of esters is 4. The van der Waals surface area contributed by atoms with Crippen molar-refractivity contribution < 1.29 is 28.7 Å². The Balaban J connectivity index is 1.31. The smallest absolute Gasteiger partial charge is 0.316 e. The molecule has 5 aliphatic carbocycles. The lowest BCUT2D eigenvalue weighted by Gasteiger charge is -2.66. The Morgan fingerprint density at radius 2 is 0.667 bits per heavy atom. The molecule has 2 aliphatic heterocycles. The number of carbonyl (C=O) groups excluding carboxylic acids is 4. The summed E-state index contributed by atoms with van der Waals surface area (Å²) < 4.78 is 10.3. The van der Waals surface area contributed by atoms with Crippen LogP contribution in [0.5, 0.6) is 0 Å². The molecule has 7 rings (SSSR count). The van der Waals surface area contributed by atoms with Gasteiger partial charge < -0.3 is 9.47 Å². The molecule has 0 aromatic rings. The molecule has 6 nitrogen and oxygen atoms in total. The van der Waals surface area contributed by atoms with Crippen LogP contribution in [0.2, 0.25) is 0 Å². The van der Waals surface area contributed by atoms with Crippen molar-refractivity contribution in [2.45, 2.75) is 51.4 Å². The van der Waals surface area contributed by atoms with Crippen molar-refractivity contribution in [2.75, 3.05) is 0 Å². The Kier molecular flexibility index (Phi) is 3.55. The van der Waals surface area contributed by atoms with E-state index < -0.39 is 0 Å². The molecule has 2 saturated heterocycles. The second-order valence-corrected chi connectivity index (χ2v) is 11.2. The molecule has 7 fully saturated rings. The highest BCUT2D eigenvalue weighted by molar-refractivity contribution is 5.92. The van der Waals surface area contributed by atoms with Gasteiger partial charge in [0.15, 0.2) is 0 Å². The van der Waals surface area contributed by atoms with Gasteiger partial charge in [0.2, 0.25) is 0 Å². The molecule has 6 heteroatoms. The van der Waals surface area contributed by atoms with Crippen molar-refractivity contribution in [3.63, 3.8) is 0 Å². The first-order valence-corrected chi connectivity index (χ1v) is 12.1. The predicted octanol–water partition coefficient (Wildman–Crippen LogP) is 2.74. The van der Waals surface area contributed by atoms with E-state index in [0.717, 1.165) is 51.4 Å². The minimum Gasteiger partial charge on any atom is -0.393 e. The summed E-state index contributed by atoms with van der Waals surface area (Å²) in [6.45, 7) is 0. The summed E-state index contributed by atoms with van der Waals surface area (Å²) in [7, 11) is 0. The van der Waals surface area contributed by atoms with Crippen LogP contribution in [-0.2, 0) is 28.7 Å². The Bertz CT molecular complexity index is 730. The molecule has 0 spiro atoms. The van der Waals surface area contributed by atoms with Gasteiger partial charge in [-0.1, -0.05) is 0 Å². The van der Waals surface area contributed by atoms with Crippen LogP contribution < -0.4 is 0 Å². The minimum atomic E-state index is -0.282. The third-order valence-corrected chi connectivity index (χ3v) is 10.7. The van der Waals surface area contributed by atoms with Crippen LogP contribution in [-0.4, -0.2) is 23.9 Å². The zero-order chi connectivity index (χ0) is 20.3. The topological polar surface area (TPSA) is 86.7 Å². The van der Waals surface area contributed by atoms with Gasteiger partial charge >= 0.3 is 23.9 Å². The Hall–Kier alpha value is -1.72. The first kappa shape index (κ1) is 17.9.